The Morgan fingerprint density at radius 2 is 2.00 bits per heavy atom. The molecule has 1 heterocycles. The van der Waals surface area contributed by atoms with Crippen LogP contribution in [0.3, 0.4) is 0 Å². The lowest BCUT2D eigenvalue weighted by Crippen LogP contribution is -2.18. The Bertz CT molecular complexity index is 621. The average molecular weight is 286 g/mol. The number of hydrogen-bond donors (Lipinski definition) is 2. The van der Waals surface area contributed by atoms with Gasteiger partial charge in [0, 0.05) is 25.5 Å². The van der Waals surface area contributed by atoms with Crippen molar-refractivity contribution in [2.75, 3.05) is 12.4 Å². The monoisotopic (exact) mass is 286 g/mol. The van der Waals surface area contributed by atoms with Gasteiger partial charge in [0.15, 0.2) is 5.75 Å². The number of ether oxygens (including phenoxy) is 1. The number of aromatic nitrogens is 1. The van der Waals surface area contributed by atoms with E-state index >= 15 is 0 Å². The third-order valence-electron chi connectivity index (χ3n) is 2.72. The maximum atomic E-state index is 12.4. The number of hydrogen-bond acceptors (Lipinski definition) is 3. The van der Waals surface area contributed by atoms with Crippen LogP contribution in [-0.4, -0.2) is 23.1 Å². The fourth-order valence-electron chi connectivity index (χ4n) is 1.95. The molecule has 0 unspecified atom stereocenters. The Morgan fingerprint density at radius 1 is 1.30 bits per heavy atom. The van der Waals surface area contributed by atoms with Gasteiger partial charge in [-0.2, -0.15) is 0 Å². The molecule has 0 radical (unpaired) electrons. The third-order valence-corrected chi connectivity index (χ3v) is 2.72. The largest absolute Gasteiger partial charge is 0.573 e. The molecule has 20 heavy (non-hydrogen) atoms. The lowest BCUT2D eigenvalue weighted by atomic mass is 10.1. The maximum Gasteiger partial charge on any atom is 0.573 e. The van der Waals surface area contributed by atoms with Gasteiger partial charge in [0.05, 0.1) is 11.4 Å². The molecule has 2 rings (SSSR count). The topological polar surface area (TPSA) is 46.4 Å². The first-order valence-corrected chi connectivity index (χ1v) is 5.75. The van der Waals surface area contributed by atoms with E-state index in [0.717, 1.165) is 11.8 Å². The highest BCUT2D eigenvalue weighted by Gasteiger charge is 2.33. The molecule has 0 atom stereocenters. The van der Waals surface area contributed by atoms with Gasteiger partial charge in [-0.25, -0.2) is 0 Å². The van der Waals surface area contributed by atoms with Gasteiger partial charge in [-0.3, -0.25) is 0 Å². The zero-order valence-electron chi connectivity index (χ0n) is 10.8. The number of anilines is 1. The first-order chi connectivity index (χ1) is 9.30. The van der Waals surface area contributed by atoms with Gasteiger partial charge in [-0.15, -0.1) is 13.2 Å². The van der Waals surface area contributed by atoms with Crippen molar-refractivity contribution in [3.63, 3.8) is 0 Å². The Labute approximate surface area is 113 Å². The molecule has 0 spiro atoms. The van der Waals surface area contributed by atoms with E-state index in [0.29, 0.717) is 5.56 Å². The fourth-order valence-corrected chi connectivity index (χ4v) is 1.95. The molecular formula is C13H13F3N2O2. The Hall–Kier alpha value is -2.31. The Balaban J connectivity index is 2.55. The molecule has 0 fully saturated rings. The molecule has 0 saturated heterocycles. The number of halogens is 3. The van der Waals surface area contributed by atoms with Crippen molar-refractivity contribution >= 4 is 5.69 Å². The minimum atomic E-state index is -4.83. The van der Waals surface area contributed by atoms with Crippen molar-refractivity contribution < 1.29 is 23.0 Å². The van der Waals surface area contributed by atoms with Crippen LogP contribution in [-0.2, 0) is 0 Å². The highest BCUT2D eigenvalue weighted by molar-refractivity contribution is 5.58. The Morgan fingerprint density at radius 3 is 2.55 bits per heavy atom. The predicted molar refractivity (Wildman–Crippen MR) is 68.4 cm³/mol. The summed E-state index contributed by atoms with van der Waals surface area (Å²) in [5.74, 6) is -0.736. The number of nitrogens with one attached hydrogen (secondary N) is 1. The van der Waals surface area contributed by atoms with Crippen molar-refractivity contribution in [2.45, 2.75) is 13.3 Å². The second-order valence-corrected chi connectivity index (χ2v) is 4.21. The van der Waals surface area contributed by atoms with Crippen molar-refractivity contribution in [1.82, 2.24) is 4.57 Å². The summed E-state index contributed by atoms with van der Waals surface area (Å²) in [4.78, 5) is 0. The molecule has 0 aliphatic carbocycles. The van der Waals surface area contributed by atoms with E-state index in [1.807, 2.05) is 0 Å². The Kier molecular flexibility index (Phi) is 3.52. The summed E-state index contributed by atoms with van der Waals surface area (Å²) in [6.07, 6.45) is -1.59. The van der Waals surface area contributed by atoms with E-state index in [1.165, 1.54) is 10.6 Å². The van der Waals surface area contributed by atoms with Crippen LogP contribution in [0, 0.1) is 6.92 Å². The van der Waals surface area contributed by atoms with Crippen LogP contribution in [0.1, 0.15) is 5.56 Å². The lowest BCUT2D eigenvalue weighted by Gasteiger charge is -2.16. The molecule has 4 nitrogen and oxygen atoms in total. The van der Waals surface area contributed by atoms with Crippen LogP contribution in [0.15, 0.2) is 30.6 Å². The second-order valence-electron chi connectivity index (χ2n) is 4.21. The fraction of sp³-hybridized carbons (Fsp3) is 0.231. The van der Waals surface area contributed by atoms with E-state index in [9.17, 15) is 18.3 Å². The van der Waals surface area contributed by atoms with E-state index < -0.39 is 12.1 Å². The summed E-state index contributed by atoms with van der Waals surface area (Å²) in [6, 6.07) is 4.02. The summed E-state index contributed by atoms with van der Waals surface area (Å²) in [6.45, 7) is 1.59. The lowest BCUT2D eigenvalue weighted by molar-refractivity contribution is -0.274. The van der Waals surface area contributed by atoms with Crippen molar-refractivity contribution in [3.05, 3.63) is 36.2 Å². The summed E-state index contributed by atoms with van der Waals surface area (Å²) < 4.78 is 42.8. The number of aromatic hydroxyl groups is 1. The molecular weight excluding hydrogens is 273 g/mol. The van der Waals surface area contributed by atoms with Crippen LogP contribution in [0.4, 0.5) is 18.9 Å². The maximum absolute atomic E-state index is 12.4. The number of benzene rings is 1. The molecule has 108 valence electrons. The second kappa shape index (κ2) is 4.99. The zero-order chi connectivity index (χ0) is 14.9. The zero-order valence-corrected chi connectivity index (χ0v) is 10.8. The summed E-state index contributed by atoms with van der Waals surface area (Å²) in [5.41, 5.74) is 1.43. The molecule has 0 saturated carbocycles. The molecule has 0 amide bonds. The van der Waals surface area contributed by atoms with E-state index in [-0.39, 0.29) is 11.4 Å². The SMILES string of the molecule is CNc1ccn(-c2c(C)cc(O)cc2OC(F)(F)F)c1. The van der Waals surface area contributed by atoms with E-state index in [1.54, 1.807) is 32.4 Å². The van der Waals surface area contributed by atoms with Crippen LogP contribution in [0.2, 0.25) is 0 Å². The van der Waals surface area contributed by atoms with E-state index in [4.69, 9.17) is 0 Å². The molecule has 0 aliphatic rings. The van der Waals surface area contributed by atoms with Crippen LogP contribution >= 0.6 is 0 Å². The summed E-state index contributed by atoms with van der Waals surface area (Å²) in [5, 5.41) is 12.3. The van der Waals surface area contributed by atoms with Crippen molar-refractivity contribution in [1.29, 1.82) is 0 Å². The molecule has 7 heteroatoms. The van der Waals surface area contributed by atoms with Crippen LogP contribution < -0.4 is 10.1 Å². The van der Waals surface area contributed by atoms with Crippen molar-refractivity contribution in [3.8, 4) is 17.2 Å². The van der Waals surface area contributed by atoms with Gasteiger partial charge in [0.25, 0.3) is 0 Å². The summed E-state index contributed by atoms with van der Waals surface area (Å²) >= 11 is 0. The molecule has 2 aromatic rings. The molecule has 1 aromatic carbocycles. The number of phenolic OH excluding ortho intramolecular Hbond substituents is 1. The smallest absolute Gasteiger partial charge is 0.508 e. The molecule has 0 aliphatic heterocycles. The number of aryl methyl sites for hydroxylation is 1. The van der Waals surface area contributed by atoms with Gasteiger partial charge in [0.2, 0.25) is 0 Å². The molecule has 1 aromatic heterocycles. The van der Waals surface area contributed by atoms with Gasteiger partial charge in [0.1, 0.15) is 5.75 Å². The van der Waals surface area contributed by atoms with Crippen molar-refractivity contribution in [2.24, 2.45) is 0 Å². The van der Waals surface area contributed by atoms with Crippen LogP contribution in [0.25, 0.3) is 5.69 Å². The molecule has 0 bridgehead atoms. The highest BCUT2D eigenvalue weighted by Crippen LogP contribution is 2.35. The standard InChI is InChI=1S/C13H13F3N2O2/c1-8-5-10(19)6-11(20-13(14,15)16)12(8)18-4-3-9(7-18)17-2/h3-7,17,19H,1-2H3. The minimum absolute atomic E-state index is 0.224. The number of phenols is 1. The number of rotatable bonds is 3. The average Bonchev–Trinajstić information content (AvgIpc) is 2.74. The van der Waals surface area contributed by atoms with Gasteiger partial charge < -0.3 is 19.7 Å². The minimum Gasteiger partial charge on any atom is -0.508 e. The first kappa shape index (κ1) is 14.1. The van der Waals surface area contributed by atoms with E-state index in [2.05, 4.69) is 10.1 Å². The third kappa shape index (κ3) is 2.98. The number of alkyl halides is 3. The predicted octanol–water partition coefficient (Wildman–Crippen LogP) is 3.43. The highest BCUT2D eigenvalue weighted by atomic mass is 19.4. The number of nitrogens with zero attached hydrogens (tertiary/aromatic N) is 1. The van der Waals surface area contributed by atoms with Gasteiger partial charge in [-0.05, 0) is 24.6 Å². The first-order valence-electron chi connectivity index (χ1n) is 5.75. The molecule has 2 N–H and O–H groups in total. The van der Waals surface area contributed by atoms with Gasteiger partial charge >= 0.3 is 6.36 Å². The quantitative estimate of drug-likeness (QED) is 0.908. The normalized spacial score (nSPS) is 11.4. The van der Waals surface area contributed by atoms with Crippen LogP contribution in [0.5, 0.6) is 11.5 Å². The summed E-state index contributed by atoms with van der Waals surface area (Å²) in [7, 11) is 1.70. The van der Waals surface area contributed by atoms with Gasteiger partial charge in [-0.1, -0.05) is 0 Å².